The smallest absolute Gasteiger partial charge is 0.275 e. The van der Waals surface area contributed by atoms with E-state index >= 15 is 0 Å². The van der Waals surface area contributed by atoms with E-state index in [0.29, 0.717) is 0 Å². The molecule has 3 aromatic rings. The Morgan fingerprint density at radius 1 is 0.730 bits per heavy atom. The van der Waals surface area contributed by atoms with Gasteiger partial charge in [0.25, 0.3) is 5.15 Å². The minimum Gasteiger partial charge on any atom is -0.744 e. The van der Waals surface area contributed by atoms with E-state index in [1.807, 2.05) is 29.0 Å². The van der Waals surface area contributed by atoms with Gasteiger partial charge in [0.15, 0.2) is 12.7 Å². The Labute approximate surface area is 229 Å². The van der Waals surface area contributed by atoms with Gasteiger partial charge in [-0.2, -0.15) is 4.57 Å². The van der Waals surface area contributed by atoms with Gasteiger partial charge in [0, 0.05) is 17.7 Å². The molecule has 37 heavy (non-hydrogen) atoms. The fraction of sp³-hybridized carbons (Fsp3) is 0.452. The third-order valence-corrected chi connectivity index (χ3v) is 7.58. The number of nitrogens with zero attached hydrogens (tertiary/aromatic N) is 1. The summed E-state index contributed by atoms with van der Waals surface area (Å²) in [5, 5.41) is 0.762. The van der Waals surface area contributed by atoms with Crippen molar-refractivity contribution in [2.45, 2.75) is 95.9 Å². The maximum Gasteiger partial charge on any atom is 0.275 e. The highest BCUT2D eigenvalue weighted by molar-refractivity contribution is 7.85. The molecule has 4 nitrogen and oxygen atoms in total. The molecule has 0 fully saturated rings. The minimum absolute atomic E-state index is 0.140. The van der Waals surface area contributed by atoms with E-state index < -0.39 is 10.1 Å². The maximum absolute atomic E-state index is 10.8. The molecule has 1 aromatic heterocycles. The predicted octanol–water partition coefficient (Wildman–Crippen LogP) is 8.04. The van der Waals surface area contributed by atoms with Crippen molar-refractivity contribution in [3.63, 3.8) is 0 Å². The molecule has 0 saturated carbocycles. The van der Waals surface area contributed by atoms with Gasteiger partial charge in [-0.15, -0.1) is 0 Å². The molecule has 0 saturated heterocycles. The van der Waals surface area contributed by atoms with E-state index in [2.05, 4.69) is 38.1 Å². The van der Waals surface area contributed by atoms with Crippen LogP contribution in [0.5, 0.6) is 0 Å². The third kappa shape index (κ3) is 13.2. The summed E-state index contributed by atoms with van der Waals surface area (Å²) in [4.78, 5) is -0.140. The zero-order valence-electron chi connectivity index (χ0n) is 22.4. The summed E-state index contributed by atoms with van der Waals surface area (Å²) in [6.07, 6.45) is 16.0. The van der Waals surface area contributed by atoms with Crippen LogP contribution in [0.4, 0.5) is 0 Å². The lowest BCUT2D eigenvalue weighted by molar-refractivity contribution is -0.686. The number of unbranched alkanes of at least 4 members (excludes halogenated alkanes) is 9. The number of pyridine rings is 1. The normalized spacial score (nSPS) is 11.1. The molecule has 202 valence electrons. The Bertz CT molecular complexity index is 1130. The monoisotopic (exact) mass is 543 g/mol. The summed E-state index contributed by atoms with van der Waals surface area (Å²) in [5.41, 5.74) is 3.65. The van der Waals surface area contributed by atoms with Gasteiger partial charge >= 0.3 is 0 Å². The molecule has 0 spiro atoms. The molecule has 0 aliphatic carbocycles. The highest BCUT2D eigenvalue weighted by Crippen LogP contribution is 2.14. The van der Waals surface area contributed by atoms with Gasteiger partial charge in [-0.25, -0.2) is 8.42 Å². The Kier molecular flexibility index (Phi) is 14.5. The van der Waals surface area contributed by atoms with Crippen LogP contribution in [0.1, 0.15) is 87.8 Å². The molecule has 0 atom stereocenters. The van der Waals surface area contributed by atoms with E-state index in [1.165, 1.54) is 81.0 Å². The number of halogens is 1. The molecule has 1 heterocycles. The van der Waals surface area contributed by atoms with Crippen LogP contribution in [0.25, 0.3) is 0 Å². The van der Waals surface area contributed by atoms with Gasteiger partial charge in [0.1, 0.15) is 10.1 Å². The maximum atomic E-state index is 10.8. The van der Waals surface area contributed by atoms with Crippen molar-refractivity contribution in [2.75, 3.05) is 0 Å². The van der Waals surface area contributed by atoms with Crippen LogP contribution in [0.15, 0.2) is 77.8 Å². The Morgan fingerprint density at radius 3 is 1.81 bits per heavy atom. The molecule has 2 aromatic carbocycles. The molecule has 0 amide bonds. The average molecular weight is 544 g/mol. The molecule has 3 rings (SSSR count). The van der Waals surface area contributed by atoms with Gasteiger partial charge in [0.05, 0.1) is 4.90 Å². The molecule has 6 heteroatoms. The van der Waals surface area contributed by atoms with Gasteiger partial charge in [-0.1, -0.05) is 107 Å². The first kappa shape index (κ1) is 31.0. The van der Waals surface area contributed by atoms with Gasteiger partial charge in [0.2, 0.25) is 0 Å². The van der Waals surface area contributed by atoms with Crippen LogP contribution in [0.2, 0.25) is 5.15 Å². The zero-order valence-corrected chi connectivity index (χ0v) is 23.9. The Morgan fingerprint density at radius 2 is 1.27 bits per heavy atom. The van der Waals surface area contributed by atoms with Crippen molar-refractivity contribution in [3.05, 3.63) is 94.8 Å². The van der Waals surface area contributed by atoms with Crippen LogP contribution < -0.4 is 4.57 Å². The zero-order chi connectivity index (χ0) is 26.9. The highest BCUT2D eigenvalue weighted by Gasteiger charge is 2.06. The lowest BCUT2D eigenvalue weighted by Crippen LogP contribution is -2.34. The number of rotatable bonds is 14. The Balaban J connectivity index is 0.000000278. The van der Waals surface area contributed by atoms with E-state index in [9.17, 15) is 13.0 Å². The molecule has 0 bridgehead atoms. The van der Waals surface area contributed by atoms with Crippen molar-refractivity contribution in [1.82, 2.24) is 0 Å². The topological polar surface area (TPSA) is 61.1 Å². The first-order chi connectivity index (χ1) is 17.8. The average Bonchev–Trinajstić information content (AvgIpc) is 2.88. The van der Waals surface area contributed by atoms with Crippen molar-refractivity contribution in [1.29, 1.82) is 0 Å². The van der Waals surface area contributed by atoms with Crippen LogP contribution in [-0.4, -0.2) is 13.0 Å². The second-order valence-corrected chi connectivity index (χ2v) is 11.4. The van der Waals surface area contributed by atoms with Crippen molar-refractivity contribution >= 4 is 21.7 Å². The molecular weight excluding hydrogens is 502 g/mol. The van der Waals surface area contributed by atoms with Crippen molar-refractivity contribution < 1.29 is 17.5 Å². The van der Waals surface area contributed by atoms with E-state index in [-0.39, 0.29) is 4.90 Å². The van der Waals surface area contributed by atoms with Crippen LogP contribution in [-0.2, 0) is 23.1 Å². The molecule has 0 unspecified atom stereocenters. The second-order valence-electron chi connectivity index (χ2n) is 9.67. The first-order valence-electron chi connectivity index (χ1n) is 13.5. The van der Waals surface area contributed by atoms with E-state index in [0.717, 1.165) is 30.1 Å². The summed E-state index contributed by atoms with van der Waals surface area (Å²) >= 11 is 6.07. The SMILES string of the molecule is CCCCCCCCCCCCc1ccc(S(=O)(=O)[O-])cc1.Cc1ccc(C[n+]2ccccc2Cl)cc1. The van der Waals surface area contributed by atoms with Gasteiger partial charge < -0.3 is 4.55 Å². The first-order valence-corrected chi connectivity index (χ1v) is 15.3. The highest BCUT2D eigenvalue weighted by atomic mass is 35.5. The molecule has 0 N–H and O–H groups in total. The lowest BCUT2D eigenvalue weighted by atomic mass is 10.0. The fourth-order valence-corrected chi connectivity index (χ4v) is 4.77. The van der Waals surface area contributed by atoms with Crippen molar-refractivity contribution in [2.24, 2.45) is 0 Å². The molecule has 0 aliphatic rings. The van der Waals surface area contributed by atoms with E-state index in [4.69, 9.17) is 11.6 Å². The quantitative estimate of drug-likeness (QED) is 0.0894. The molecule has 0 aliphatic heterocycles. The number of aromatic nitrogens is 1. The number of hydrogen-bond acceptors (Lipinski definition) is 3. The minimum atomic E-state index is -4.31. The molecule has 0 radical (unpaired) electrons. The fourth-order valence-electron chi connectivity index (χ4n) is 4.11. The summed E-state index contributed by atoms with van der Waals surface area (Å²) in [6.45, 7) is 5.15. The summed E-state index contributed by atoms with van der Waals surface area (Å²) in [7, 11) is -4.31. The second kappa shape index (κ2) is 17.3. The Hall–Kier alpha value is -2.21. The summed E-state index contributed by atoms with van der Waals surface area (Å²) < 4.78 is 34.5. The van der Waals surface area contributed by atoms with Gasteiger partial charge in [-0.05, 0) is 55.1 Å². The number of hydrogen-bond donors (Lipinski definition) is 0. The summed E-state index contributed by atoms with van der Waals surface area (Å²) in [6, 6.07) is 20.6. The van der Waals surface area contributed by atoms with Crippen LogP contribution in [0.3, 0.4) is 0 Å². The summed E-state index contributed by atoms with van der Waals surface area (Å²) in [5.74, 6) is 0. The van der Waals surface area contributed by atoms with Crippen LogP contribution >= 0.6 is 11.6 Å². The third-order valence-electron chi connectivity index (χ3n) is 6.39. The predicted molar refractivity (Wildman–Crippen MR) is 152 cm³/mol. The van der Waals surface area contributed by atoms with Crippen LogP contribution in [0, 0.1) is 6.92 Å². The largest absolute Gasteiger partial charge is 0.744 e. The van der Waals surface area contributed by atoms with Gasteiger partial charge in [-0.3, -0.25) is 0 Å². The number of aryl methyl sites for hydroxylation is 2. The van der Waals surface area contributed by atoms with E-state index in [1.54, 1.807) is 12.1 Å². The molecular formula is C31H42ClNO3S. The van der Waals surface area contributed by atoms with Crippen molar-refractivity contribution in [3.8, 4) is 0 Å². The number of benzene rings is 2. The lowest BCUT2D eigenvalue weighted by Gasteiger charge is -2.08. The standard InChI is InChI=1S/C18H30O3S.C13H13ClN/c1-2-3-4-5-6-7-8-9-10-11-12-17-13-15-18(16-14-17)22(19,20)21;1-11-5-7-12(8-6-11)10-15-9-3-2-4-13(15)14/h13-16H,2-12H2,1H3,(H,19,20,21);2-9H,10H2,1H3/q;+1/p-1.